The number of hydrogen-bond acceptors (Lipinski definition) is 5. The molecule has 1 aromatic rings. The molecule has 1 aliphatic heterocycles. The number of para-hydroxylation sites is 1. The van der Waals surface area contributed by atoms with E-state index < -0.39 is 10.0 Å². The van der Waals surface area contributed by atoms with Crippen LogP contribution in [0.15, 0.2) is 24.3 Å². The van der Waals surface area contributed by atoms with Gasteiger partial charge in [-0.1, -0.05) is 12.1 Å². The molecule has 0 radical (unpaired) electrons. The van der Waals surface area contributed by atoms with Crippen molar-refractivity contribution in [3.63, 3.8) is 0 Å². The quantitative estimate of drug-likeness (QED) is 0.796. The molecule has 1 aromatic carbocycles. The van der Waals surface area contributed by atoms with Crippen LogP contribution in [0.4, 0.5) is 5.69 Å². The molecule has 1 heterocycles. The first-order valence-corrected chi connectivity index (χ1v) is 9.35. The smallest absolute Gasteiger partial charge is 0.253 e. The fraction of sp³-hybridized carbons (Fsp3) is 0.533. The summed E-state index contributed by atoms with van der Waals surface area (Å²) in [5, 5.41) is 2.78. The fourth-order valence-corrected chi connectivity index (χ4v) is 2.76. The monoisotopic (exact) mass is 341 g/mol. The number of morpholine rings is 1. The maximum atomic E-state index is 12.4. The molecule has 0 unspecified atom stereocenters. The van der Waals surface area contributed by atoms with Crippen LogP contribution in [0, 0.1) is 0 Å². The second kappa shape index (κ2) is 7.76. The average molecular weight is 341 g/mol. The van der Waals surface area contributed by atoms with Crippen LogP contribution in [0.5, 0.6) is 0 Å². The minimum absolute atomic E-state index is 0.200. The van der Waals surface area contributed by atoms with Crippen LogP contribution in [-0.4, -0.2) is 71.3 Å². The zero-order chi connectivity index (χ0) is 16.9. The fourth-order valence-electron chi connectivity index (χ4n) is 2.33. The second-order valence-corrected chi connectivity index (χ2v) is 7.55. The van der Waals surface area contributed by atoms with Crippen LogP contribution in [0.2, 0.25) is 0 Å². The van der Waals surface area contributed by atoms with Gasteiger partial charge in [0.15, 0.2) is 0 Å². The Balaban J connectivity index is 1.99. The molecule has 0 aliphatic carbocycles. The van der Waals surface area contributed by atoms with Gasteiger partial charge in [0.05, 0.1) is 25.0 Å². The molecule has 1 N–H and O–H groups in total. The standard InChI is InChI=1S/C15H23N3O4S/c1-17(23(2,20)21)8-7-16-15(19)13-5-3-4-6-14(13)18-9-11-22-12-10-18/h3-6H,7-12H2,1-2H3,(H,16,19). The minimum atomic E-state index is -3.23. The summed E-state index contributed by atoms with van der Waals surface area (Å²) < 4.78 is 29.2. The van der Waals surface area contributed by atoms with Gasteiger partial charge in [-0.05, 0) is 12.1 Å². The van der Waals surface area contributed by atoms with E-state index in [-0.39, 0.29) is 19.0 Å². The summed E-state index contributed by atoms with van der Waals surface area (Å²) in [4.78, 5) is 14.5. The minimum Gasteiger partial charge on any atom is -0.378 e. The maximum absolute atomic E-state index is 12.4. The Morgan fingerprint density at radius 2 is 1.96 bits per heavy atom. The molecule has 7 nitrogen and oxygen atoms in total. The Labute approximate surface area is 137 Å². The lowest BCUT2D eigenvalue weighted by Gasteiger charge is -2.30. The number of ether oxygens (including phenoxy) is 1. The Bertz CT molecular complexity index is 642. The molecule has 1 fully saturated rings. The molecule has 128 valence electrons. The summed E-state index contributed by atoms with van der Waals surface area (Å²) in [7, 11) is -1.74. The SMILES string of the molecule is CN(CCNC(=O)c1ccccc1N1CCOCC1)S(C)(=O)=O. The van der Waals surface area contributed by atoms with E-state index in [1.54, 1.807) is 6.07 Å². The Hall–Kier alpha value is -1.64. The summed E-state index contributed by atoms with van der Waals surface area (Å²) in [6, 6.07) is 7.42. The van der Waals surface area contributed by atoms with Crippen LogP contribution in [0.25, 0.3) is 0 Å². The molecule has 0 bridgehead atoms. The van der Waals surface area contributed by atoms with E-state index in [0.29, 0.717) is 18.8 Å². The van der Waals surface area contributed by atoms with Gasteiger partial charge in [0.2, 0.25) is 10.0 Å². The topological polar surface area (TPSA) is 79.0 Å². The normalized spacial score (nSPS) is 15.7. The second-order valence-electron chi connectivity index (χ2n) is 5.46. The number of rotatable bonds is 6. The first-order chi connectivity index (χ1) is 10.9. The van der Waals surface area contributed by atoms with Crippen molar-refractivity contribution in [3.05, 3.63) is 29.8 Å². The van der Waals surface area contributed by atoms with Crippen molar-refractivity contribution in [3.8, 4) is 0 Å². The van der Waals surface area contributed by atoms with E-state index in [1.165, 1.54) is 11.4 Å². The van der Waals surface area contributed by atoms with Gasteiger partial charge in [-0.3, -0.25) is 4.79 Å². The number of likely N-dealkylation sites (N-methyl/N-ethyl adjacent to an activating group) is 1. The molecule has 1 aliphatic rings. The number of nitrogens with one attached hydrogen (secondary N) is 1. The summed E-state index contributed by atoms with van der Waals surface area (Å²) in [5.41, 5.74) is 1.47. The van der Waals surface area contributed by atoms with E-state index in [1.807, 2.05) is 18.2 Å². The highest BCUT2D eigenvalue weighted by molar-refractivity contribution is 7.88. The summed E-state index contributed by atoms with van der Waals surface area (Å²) in [6.45, 7) is 3.30. The number of anilines is 1. The van der Waals surface area contributed by atoms with Gasteiger partial charge in [-0.2, -0.15) is 0 Å². The number of nitrogens with zero attached hydrogens (tertiary/aromatic N) is 2. The van der Waals surface area contributed by atoms with E-state index in [4.69, 9.17) is 4.74 Å². The zero-order valence-corrected chi connectivity index (χ0v) is 14.3. The highest BCUT2D eigenvalue weighted by Gasteiger charge is 2.18. The molecular weight excluding hydrogens is 318 g/mol. The predicted molar refractivity (Wildman–Crippen MR) is 89.3 cm³/mol. The predicted octanol–water partition coefficient (Wildman–Crippen LogP) is 0.144. The van der Waals surface area contributed by atoms with Gasteiger partial charge in [0.25, 0.3) is 5.91 Å². The Morgan fingerprint density at radius 3 is 2.61 bits per heavy atom. The molecule has 1 amide bonds. The van der Waals surface area contributed by atoms with Gasteiger partial charge in [-0.15, -0.1) is 0 Å². The number of carbonyl (C=O) groups is 1. The van der Waals surface area contributed by atoms with E-state index >= 15 is 0 Å². The van der Waals surface area contributed by atoms with Crippen molar-refractivity contribution in [2.45, 2.75) is 0 Å². The lowest BCUT2D eigenvalue weighted by Crippen LogP contribution is -2.39. The number of carbonyl (C=O) groups excluding carboxylic acids is 1. The number of amides is 1. The third-order valence-corrected chi connectivity index (χ3v) is 5.09. The zero-order valence-electron chi connectivity index (χ0n) is 13.5. The molecule has 0 atom stereocenters. The average Bonchev–Trinajstić information content (AvgIpc) is 2.54. The molecule has 0 saturated carbocycles. The van der Waals surface area contributed by atoms with E-state index in [0.717, 1.165) is 25.0 Å². The van der Waals surface area contributed by atoms with Crippen LogP contribution in [-0.2, 0) is 14.8 Å². The Kier molecular flexibility index (Phi) is 5.97. The van der Waals surface area contributed by atoms with Crippen LogP contribution < -0.4 is 10.2 Å². The Morgan fingerprint density at radius 1 is 1.30 bits per heavy atom. The van der Waals surface area contributed by atoms with Gasteiger partial charge in [0, 0.05) is 38.9 Å². The summed E-state index contributed by atoms with van der Waals surface area (Å²) in [5.74, 6) is -0.200. The molecule has 0 spiro atoms. The lowest BCUT2D eigenvalue weighted by atomic mass is 10.1. The summed E-state index contributed by atoms with van der Waals surface area (Å²) in [6.07, 6.45) is 1.14. The van der Waals surface area contributed by atoms with E-state index in [2.05, 4.69) is 10.2 Å². The van der Waals surface area contributed by atoms with E-state index in [9.17, 15) is 13.2 Å². The van der Waals surface area contributed by atoms with Crippen LogP contribution in [0.1, 0.15) is 10.4 Å². The molecule has 23 heavy (non-hydrogen) atoms. The summed E-state index contributed by atoms with van der Waals surface area (Å²) >= 11 is 0. The van der Waals surface area contributed by atoms with Crippen molar-refractivity contribution < 1.29 is 17.9 Å². The number of hydrogen-bond donors (Lipinski definition) is 1. The largest absolute Gasteiger partial charge is 0.378 e. The third kappa shape index (κ3) is 4.92. The lowest BCUT2D eigenvalue weighted by molar-refractivity contribution is 0.0950. The molecule has 1 saturated heterocycles. The van der Waals surface area contributed by atoms with Crippen molar-refractivity contribution in [1.29, 1.82) is 0 Å². The van der Waals surface area contributed by atoms with Gasteiger partial charge < -0.3 is 15.0 Å². The molecular formula is C15H23N3O4S. The van der Waals surface area contributed by atoms with Gasteiger partial charge in [0.1, 0.15) is 0 Å². The van der Waals surface area contributed by atoms with Crippen molar-refractivity contribution in [2.24, 2.45) is 0 Å². The van der Waals surface area contributed by atoms with Crippen molar-refractivity contribution in [1.82, 2.24) is 9.62 Å². The third-order valence-electron chi connectivity index (χ3n) is 3.78. The van der Waals surface area contributed by atoms with Gasteiger partial charge >= 0.3 is 0 Å². The highest BCUT2D eigenvalue weighted by atomic mass is 32.2. The van der Waals surface area contributed by atoms with Crippen LogP contribution >= 0.6 is 0 Å². The molecule has 8 heteroatoms. The maximum Gasteiger partial charge on any atom is 0.253 e. The molecule has 0 aromatic heterocycles. The van der Waals surface area contributed by atoms with Crippen molar-refractivity contribution >= 4 is 21.6 Å². The van der Waals surface area contributed by atoms with Crippen LogP contribution in [0.3, 0.4) is 0 Å². The number of benzene rings is 1. The van der Waals surface area contributed by atoms with Gasteiger partial charge in [-0.25, -0.2) is 12.7 Å². The van der Waals surface area contributed by atoms with Crippen molar-refractivity contribution in [2.75, 3.05) is 57.6 Å². The number of sulfonamides is 1. The first-order valence-electron chi connectivity index (χ1n) is 7.51. The molecule has 2 rings (SSSR count). The highest BCUT2D eigenvalue weighted by Crippen LogP contribution is 2.21. The first kappa shape index (κ1) is 17.7.